The molecule has 0 saturated heterocycles. The highest BCUT2D eigenvalue weighted by Crippen LogP contribution is 2.33. The van der Waals surface area contributed by atoms with Gasteiger partial charge in [-0.1, -0.05) is 18.9 Å². The molecule has 1 aromatic heterocycles. The Morgan fingerprint density at radius 2 is 1.74 bits per heavy atom. The summed E-state index contributed by atoms with van der Waals surface area (Å²) in [4.78, 5) is 25.3. The quantitative estimate of drug-likeness (QED) is 0.441. The molecule has 2 rings (SSSR count). The zero-order valence-corrected chi connectivity index (χ0v) is 20.0. The summed E-state index contributed by atoms with van der Waals surface area (Å²) >= 11 is 0. The van der Waals surface area contributed by atoms with Crippen LogP contribution in [0.4, 0.5) is 0 Å². The first-order chi connectivity index (χ1) is 14.4. The molecule has 0 atom stereocenters. The lowest BCUT2D eigenvalue weighted by Crippen LogP contribution is -2.14. The summed E-state index contributed by atoms with van der Waals surface area (Å²) in [5.74, 6) is -0.810. The van der Waals surface area contributed by atoms with E-state index in [-0.39, 0.29) is 22.1 Å². The predicted octanol–water partition coefficient (Wildman–Crippen LogP) is 4.36. The zero-order valence-electron chi connectivity index (χ0n) is 19.2. The van der Waals surface area contributed by atoms with E-state index in [9.17, 15) is 18.0 Å². The number of rotatable bonds is 8. The van der Waals surface area contributed by atoms with Gasteiger partial charge in [-0.3, -0.25) is 9.59 Å². The van der Waals surface area contributed by atoms with Gasteiger partial charge in [0.1, 0.15) is 5.56 Å². The van der Waals surface area contributed by atoms with E-state index in [0.29, 0.717) is 23.2 Å². The van der Waals surface area contributed by atoms with Gasteiger partial charge in [-0.05, 0) is 62.9 Å². The SMILES string of the molecule is CCCCn1ncc(C(=O)c2ccc(S(C)(=O)=O)c(C(C)=C(C)C)c2C)c1OC(C)=O. The van der Waals surface area contributed by atoms with Gasteiger partial charge in [0, 0.05) is 25.3 Å². The first kappa shape index (κ1) is 24.5. The third kappa shape index (κ3) is 5.31. The van der Waals surface area contributed by atoms with Crippen molar-refractivity contribution in [3.05, 3.63) is 46.2 Å². The predicted molar refractivity (Wildman–Crippen MR) is 120 cm³/mol. The van der Waals surface area contributed by atoms with E-state index >= 15 is 0 Å². The fourth-order valence-electron chi connectivity index (χ4n) is 3.34. The number of unbranched alkanes of at least 4 members (excludes halogenated alkanes) is 1. The number of ether oxygens (including phenoxy) is 1. The Labute approximate surface area is 184 Å². The Morgan fingerprint density at radius 3 is 2.26 bits per heavy atom. The lowest BCUT2D eigenvalue weighted by Gasteiger charge is -2.17. The van der Waals surface area contributed by atoms with E-state index in [0.717, 1.165) is 30.2 Å². The molecule has 0 unspecified atom stereocenters. The maximum absolute atomic E-state index is 13.5. The second-order valence-corrected chi connectivity index (χ2v) is 9.86. The van der Waals surface area contributed by atoms with Crippen molar-refractivity contribution in [1.82, 2.24) is 9.78 Å². The molecule has 0 aliphatic carbocycles. The number of carbonyl (C=O) groups is 2. The van der Waals surface area contributed by atoms with E-state index in [1.54, 1.807) is 6.92 Å². The van der Waals surface area contributed by atoms with E-state index in [1.165, 1.54) is 29.9 Å². The first-order valence-corrected chi connectivity index (χ1v) is 12.1. The van der Waals surface area contributed by atoms with Crippen molar-refractivity contribution >= 4 is 27.2 Å². The fourth-order valence-corrected chi connectivity index (χ4v) is 4.34. The number of aromatic nitrogens is 2. The number of sulfone groups is 1. The minimum absolute atomic E-state index is 0.109. The molecule has 0 fully saturated rings. The minimum atomic E-state index is -3.50. The summed E-state index contributed by atoms with van der Waals surface area (Å²) in [6.45, 7) is 11.2. The van der Waals surface area contributed by atoms with E-state index in [1.807, 2.05) is 27.7 Å². The summed E-state index contributed by atoms with van der Waals surface area (Å²) in [7, 11) is -3.50. The average molecular weight is 447 g/mol. The van der Waals surface area contributed by atoms with Gasteiger partial charge < -0.3 is 4.74 Å². The second kappa shape index (κ2) is 9.60. The van der Waals surface area contributed by atoms with Crippen LogP contribution in [0, 0.1) is 6.92 Å². The second-order valence-electron chi connectivity index (χ2n) is 7.87. The van der Waals surface area contributed by atoms with Gasteiger partial charge in [0.25, 0.3) is 0 Å². The van der Waals surface area contributed by atoms with Crippen molar-refractivity contribution < 1.29 is 22.7 Å². The summed E-state index contributed by atoms with van der Waals surface area (Å²) in [6.07, 6.45) is 4.28. The van der Waals surface area contributed by atoms with Crippen LogP contribution in [0.25, 0.3) is 5.57 Å². The Hall–Kier alpha value is -2.74. The van der Waals surface area contributed by atoms with Crippen molar-refractivity contribution in [2.45, 2.75) is 65.8 Å². The number of hydrogen-bond acceptors (Lipinski definition) is 6. The summed E-state index contributed by atoms with van der Waals surface area (Å²) in [6, 6.07) is 2.97. The number of ketones is 1. The normalized spacial score (nSPS) is 11.3. The molecule has 31 heavy (non-hydrogen) atoms. The number of benzene rings is 1. The Bertz CT molecular complexity index is 1150. The molecule has 0 spiro atoms. The van der Waals surface area contributed by atoms with Crippen LogP contribution in [0.15, 0.2) is 28.8 Å². The Morgan fingerprint density at radius 1 is 1.10 bits per heavy atom. The monoisotopic (exact) mass is 446 g/mol. The van der Waals surface area contributed by atoms with Gasteiger partial charge in [0.15, 0.2) is 15.6 Å². The van der Waals surface area contributed by atoms with Crippen molar-refractivity contribution in [3.8, 4) is 5.88 Å². The molecular formula is C23H30N2O5S. The van der Waals surface area contributed by atoms with Crippen LogP contribution in [0.1, 0.15) is 74.5 Å². The molecule has 7 nitrogen and oxygen atoms in total. The van der Waals surface area contributed by atoms with Gasteiger partial charge >= 0.3 is 5.97 Å². The van der Waals surface area contributed by atoms with E-state index < -0.39 is 15.8 Å². The molecule has 0 aliphatic heterocycles. The topological polar surface area (TPSA) is 95.3 Å². The maximum Gasteiger partial charge on any atom is 0.309 e. The van der Waals surface area contributed by atoms with Gasteiger partial charge in [0.05, 0.1) is 11.1 Å². The van der Waals surface area contributed by atoms with Crippen molar-refractivity contribution in [2.75, 3.05) is 6.26 Å². The average Bonchev–Trinajstić information content (AvgIpc) is 3.05. The van der Waals surface area contributed by atoms with Crippen molar-refractivity contribution in [2.24, 2.45) is 0 Å². The van der Waals surface area contributed by atoms with Crippen LogP contribution < -0.4 is 4.74 Å². The molecule has 0 saturated carbocycles. The van der Waals surface area contributed by atoms with Gasteiger partial charge in [-0.25, -0.2) is 13.1 Å². The molecule has 1 aromatic carbocycles. The van der Waals surface area contributed by atoms with Gasteiger partial charge in [-0.2, -0.15) is 5.10 Å². The Balaban J connectivity index is 2.71. The summed E-state index contributed by atoms with van der Waals surface area (Å²) in [5.41, 5.74) is 3.34. The molecular weight excluding hydrogens is 416 g/mol. The molecule has 2 aromatic rings. The molecule has 0 N–H and O–H groups in total. The van der Waals surface area contributed by atoms with Crippen LogP contribution in [0.3, 0.4) is 0 Å². The number of hydrogen-bond donors (Lipinski definition) is 0. The largest absolute Gasteiger partial charge is 0.407 e. The molecule has 0 amide bonds. The van der Waals surface area contributed by atoms with Crippen molar-refractivity contribution in [3.63, 3.8) is 0 Å². The molecule has 0 radical (unpaired) electrons. The molecule has 8 heteroatoms. The van der Waals surface area contributed by atoms with Gasteiger partial charge in [0.2, 0.25) is 5.88 Å². The maximum atomic E-state index is 13.5. The third-order valence-electron chi connectivity index (χ3n) is 5.20. The standard InChI is InChI=1S/C23H30N2O5S/c1-8-9-12-25-23(30-17(6)26)19(13-24-25)22(27)18-10-11-20(31(7,28)29)21(16(18)5)15(4)14(2)3/h10-11,13H,8-9,12H2,1-7H3. The number of nitrogens with zero attached hydrogens (tertiary/aromatic N) is 2. The van der Waals surface area contributed by atoms with Crippen LogP contribution in [0.2, 0.25) is 0 Å². The lowest BCUT2D eigenvalue weighted by atomic mass is 9.91. The highest BCUT2D eigenvalue weighted by molar-refractivity contribution is 7.90. The zero-order chi connectivity index (χ0) is 23.5. The molecule has 1 heterocycles. The number of carbonyl (C=O) groups excluding carboxylic acids is 2. The van der Waals surface area contributed by atoms with Gasteiger partial charge in [-0.15, -0.1) is 0 Å². The van der Waals surface area contributed by atoms with E-state index in [2.05, 4.69) is 5.10 Å². The van der Waals surface area contributed by atoms with E-state index in [4.69, 9.17) is 4.74 Å². The van der Waals surface area contributed by atoms with Crippen molar-refractivity contribution in [1.29, 1.82) is 0 Å². The van der Waals surface area contributed by atoms with Crippen LogP contribution >= 0.6 is 0 Å². The van der Waals surface area contributed by atoms with Crippen LogP contribution in [0.5, 0.6) is 5.88 Å². The first-order valence-electron chi connectivity index (χ1n) is 10.2. The minimum Gasteiger partial charge on any atom is -0.407 e. The number of aryl methyl sites for hydroxylation is 1. The molecule has 0 bridgehead atoms. The smallest absolute Gasteiger partial charge is 0.309 e. The molecule has 0 aliphatic rings. The number of allylic oxidation sites excluding steroid dienone is 2. The number of esters is 1. The highest BCUT2D eigenvalue weighted by Gasteiger charge is 2.26. The van der Waals surface area contributed by atoms with Crippen LogP contribution in [-0.4, -0.2) is 36.2 Å². The summed E-state index contributed by atoms with van der Waals surface area (Å²) in [5, 5.41) is 4.24. The third-order valence-corrected chi connectivity index (χ3v) is 6.33. The molecule has 168 valence electrons. The summed E-state index contributed by atoms with van der Waals surface area (Å²) < 4.78 is 31.6. The highest BCUT2D eigenvalue weighted by atomic mass is 32.2. The fraction of sp³-hybridized carbons (Fsp3) is 0.435. The van der Waals surface area contributed by atoms with Crippen LogP contribution in [-0.2, 0) is 21.2 Å². The Kier molecular flexibility index (Phi) is 7.59. The lowest BCUT2D eigenvalue weighted by molar-refractivity contribution is -0.132.